The summed E-state index contributed by atoms with van der Waals surface area (Å²) >= 11 is 3.36. The van der Waals surface area contributed by atoms with Crippen LogP contribution in [0.1, 0.15) is 16.8 Å². The van der Waals surface area contributed by atoms with Crippen molar-refractivity contribution >= 4 is 21.8 Å². The fraction of sp³-hybridized carbons (Fsp3) is 0.200. The van der Waals surface area contributed by atoms with Gasteiger partial charge < -0.3 is 4.90 Å². The van der Waals surface area contributed by atoms with Crippen LogP contribution in [0.25, 0.3) is 11.3 Å². The number of aromatic nitrogens is 1. The molecule has 2 heterocycles. The second-order valence-electron chi connectivity index (χ2n) is 4.57. The number of amides is 1. The normalized spacial score (nSPS) is 14.1. The van der Waals surface area contributed by atoms with E-state index in [0.29, 0.717) is 0 Å². The van der Waals surface area contributed by atoms with E-state index in [1.54, 1.807) is 0 Å². The van der Waals surface area contributed by atoms with E-state index in [2.05, 4.69) is 20.9 Å². The number of halogens is 1. The molecule has 3 rings (SSSR count). The molecule has 1 fully saturated rings. The van der Waals surface area contributed by atoms with Crippen molar-refractivity contribution in [3.63, 3.8) is 0 Å². The molecule has 0 aliphatic carbocycles. The molecule has 1 amide bonds. The van der Waals surface area contributed by atoms with E-state index < -0.39 is 0 Å². The standard InChI is InChI=1S/C15H13BrN2O/c16-14-7-2-6-13(17-14)11-4-1-5-12(10-11)15(19)18-8-3-9-18/h1-2,4-7,10H,3,8-9H2. The van der Waals surface area contributed by atoms with Crippen LogP contribution >= 0.6 is 15.9 Å². The zero-order chi connectivity index (χ0) is 13.2. The number of hydrogen-bond donors (Lipinski definition) is 0. The third-order valence-corrected chi connectivity index (χ3v) is 3.71. The van der Waals surface area contributed by atoms with Crippen LogP contribution in [-0.4, -0.2) is 28.9 Å². The lowest BCUT2D eigenvalue weighted by Crippen LogP contribution is -2.41. The van der Waals surface area contributed by atoms with Gasteiger partial charge in [-0.1, -0.05) is 18.2 Å². The van der Waals surface area contributed by atoms with Crippen LogP contribution in [0.5, 0.6) is 0 Å². The number of nitrogens with zero attached hydrogens (tertiary/aromatic N) is 2. The van der Waals surface area contributed by atoms with Crippen LogP contribution in [-0.2, 0) is 0 Å². The lowest BCUT2D eigenvalue weighted by molar-refractivity contribution is 0.0652. The highest BCUT2D eigenvalue weighted by atomic mass is 79.9. The predicted octanol–water partition coefficient (Wildman–Crippen LogP) is 3.36. The second kappa shape index (κ2) is 5.13. The molecular weight excluding hydrogens is 304 g/mol. The molecule has 0 radical (unpaired) electrons. The Kier molecular flexibility index (Phi) is 3.34. The molecule has 1 aromatic heterocycles. The summed E-state index contributed by atoms with van der Waals surface area (Å²) in [5.41, 5.74) is 2.57. The molecule has 1 saturated heterocycles. The van der Waals surface area contributed by atoms with Crippen LogP contribution < -0.4 is 0 Å². The minimum atomic E-state index is 0.114. The van der Waals surface area contributed by atoms with E-state index in [0.717, 1.165) is 40.9 Å². The number of rotatable bonds is 2. The van der Waals surface area contributed by atoms with Crippen molar-refractivity contribution in [2.75, 3.05) is 13.1 Å². The van der Waals surface area contributed by atoms with Crippen molar-refractivity contribution in [3.8, 4) is 11.3 Å². The third kappa shape index (κ3) is 2.54. The Labute approximate surface area is 120 Å². The van der Waals surface area contributed by atoms with E-state index in [1.165, 1.54) is 0 Å². The Hall–Kier alpha value is -1.68. The number of carbonyl (C=O) groups is 1. The molecule has 3 nitrogen and oxygen atoms in total. The first-order valence-corrected chi connectivity index (χ1v) is 7.05. The number of hydrogen-bond acceptors (Lipinski definition) is 2. The minimum Gasteiger partial charge on any atom is -0.339 e. The molecule has 1 aliphatic rings. The highest BCUT2D eigenvalue weighted by Crippen LogP contribution is 2.22. The van der Waals surface area contributed by atoms with E-state index in [1.807, 2.05) is 47.4 Å². The van der Waals surface area contributed by atoms with Gasteiger partial charge in [-0.15, -0.1) is 0 Å². The first kappa shape index (κ1) is 12.4. The summed E-state index contributed by atoms with van der Waals surface area (Å²) in [4.78, 5) is 18.5. The topological polar surface area (TPSA) is 33.2 Å². The lowest BCUT2D eigenvalue weighted by atomic mass is 10.1. The highest BCUT2D eigenvalue weighted by molar-refractivity contribution is 9.10. The maximum atomic E-state index is 12.2. The smallest absolute Gasteiger partial charge is 0.253 e. The van der Waals surface area contributed by atoms with Gasteiger partial charge in [-0.05, 0) is 46.6 Å². The first-order chi connectivity index (χ1) is 9.24. The van der Waals surface area contributed by atoms with Crippen LogP contribution in [0, 0.1) is 0 Å². The van der Waals surface area contributed by atoms with Crippen molar-refractivity contribution in [3.05, 3.63) is 52.6 Å². The van der Waals surface area contributed by atoms with Gasteiger partial charge in [0.2, 0.25) is 0 Å². The summed E-state index contributed by atoms with van der Waals surface area (Å²) in [6, 6.07) is 13.4. The molecule has 0 spiro atoms. The summed E-state index contributed by atoms with van der Waals surface area (Å²) < 4.78 is 0.796. The fourth-order valence-corrected chi connectivity index (χ4v) is 2.43. The largest absolute Gasteiger partial charge is 0.339 e. The summed E-state index contributed by atoms with van der Waals surface area (Å²) in [6.45, 7) is 1.75. The Bertz CT molecular complexity index is 623. The van der Waals surface area contributed by atoms with Gasteiger partial charge in [0.25, 0.3) is 5.91 Å². The molecule has 0 N–H and O–H groups in total. The molecule has 0 unspecified atom stereocenters. The molecule has 4 heteroatoms. The minimum absolute atomic E-state index is 0.114. The van der Waals surface area contributed by atoms with Crippen molar-refractivity contribution < 1.29 is 4.79 Å². The molecular formula is C15H13BrN2O. The quantitative estimate of drug-likeness (QED) is 0.796. The molecule has 1 aromatic carbocycles. The van der Waals surface area contributed by atoms with Gasteiger partial charge >= 0.3 is 0 Å². The van der Waals surface area contributed by atoms with Crippen LogP contribution in [0.2, 0.25) is 0 Å². The zero-order valence-corrected chi connectivity index (χ0v) is 11.9. The van der Waals surface area contributed by atoms with Crippen LogP contribution in [0.3, 0.4) is 0 Å². The van der Waals surface area contributed by atoms with Crippen molar-refractivity contribution in [1.29, 1.82) is 0 Å². The Morgan fingerprint density at radius 1 is 1.16 bits per heavy atom. The number of pyridine rings is 1. The zero-order valence-electron chi connectivity index (χ0n) is 10.3. The second-order valence-corrected chi connectivity index (χ2v) is 5.38. The Morgan fingerprint density at radius 3 is 2.63 bits per heavy atom. The first-order valence-electron chi connectivity index (χ1n) is 6.26. The third-order valence-electron chi connectivity index (χ3n) is 3.26. The molecule has 1 aliphatic heterocycles. The van der Waals surface area contributed by atoms with Gasteiger partial charge in [0, 0.05) is 24.2 Å². The lowest BCUT2D eigenvalue weighted by Gasteiger charge is -2.31. The highest BCUT2D eigenvalue weighted by Gasteiger charge is 2.21. The average Bonchev–Trinajstić information content (AvgIpc) is 2.37. The van der Waals surface area contributed by atoms with Gasteiger partial charge in [-0.2, -0.15) is 0 Å². The molecule has 19 heavy (non-hydrogen) atoms. The molecule has 0 saturated carbocycles. The van der Waals surface area contributed by atoms with Gasteiger partial charge in [-0.3, -0.25) is 4.79 Å². The Morgan fingerprint density at radius 2 is 1.95 bits per heavy atom. The van der Waals surface area contributed by atoms with E-state index >= 15 is 0 Å². The summed E-state index contributed by atoms with van der Waals surface area (Å²) in [5.74, 6) is 0.114. The summed E-state index contributed by atoms with van der Waals surface area (Å²) in [5, 5.41) is 0. The van der Waals surface area contributed by atoms with Crippen molar-refractivity contribution in [2.24, 2.45) is 0 Å². The predicted molar refractivity (Wildman–Crippen MR) is 77.9 cm³/mol. The van der Waals surface area contributed by atoms with E-state index in [9.17, 15) is 4.79 Å². The van der Waals surface area contributed by atoms with E-state index in [-0.39, 0.29) is 5.91 Å². The van der Waals surface area contributed by atoms with Crippen molar-refractivity contribution in [1.82, 2.24) is 9.88 Å². The van der Waals surface area contributed by atoms with Gasteiger partial charge in [0.1, 0.15) is 4.60 Å². The molecule has 96 valence electrons. The summed E-state index contributed by atoms with van der Waals surface area (Å²) in [7, 11) is 0. The SMILES string of the molecule is O=C(c1cccc(-c2cccc(Br)n2)c1)N1CCC1. The van der Waals surface area contributed by atoms with Crippen molar-refractivity contribution in [2.45, 2.75) is 6.42 Å². The monoisotopic (exact) mass is 316 g/mol. The number of likely N-dealkylation sites (tertiary alicyclic amines) is 1. The Balaban J connectivity index is 1.93. The maximum Gasteiger partial charge on any atom is 0.253 e. The van der Waals surface area contributed by atoms with Crippen LogP contribution in [0.4, 0.5) is 0 Å². The van der Waals surface area contributed by atoms with E-state index in [4.69, 9.17) is 0 Å². The molecule has 2 aromatic rings. The fourth-order valence-electron chi connectivity index (χ4n) is 2.08. The van der Waals surface area contributed by atoms with Gasteiger partial charge in [-0.25, -0.2) is 4.98 Å². The number of carbonyl (C=O) groups excluding carboxylic acids is 1. The van der Waals surface area contributed by atoms with Gasteiger partial charge in [0.15, 0.2) is 0 Å². The average molecular weight is 317 g/mol. The maximum absolute atomic E-state index is 12.2. The number of benzene rings is 1. The summed E-state index contributed by atoms with van der Waals surface area (Å²) in [6.07, 6.45) is 1.11. The van der Waals surface area contributed by atoms with Crippen LogP contribution in [0.15, 0.2) is 47.1 Å². The molecule has 0 bridgehead atoms. The molecule has 0 atom stereocenters. The van der Waals surface area contributed by atoms with Gasteiger partial charge in [0.05, 0.1) is 5.69 Å².